The zero-order valence-corrected chi connectivity index (χ0v) is 27.2. The number of carbonyl (C=O) groups is 3. The van der Waals surface area contributed by atoms with E-state index < -0.39 is 18.0 Å². The highest BCUT2D eigenvalue weighted by Crippen LogP contribution is 2.32. The van der Waals surface area contributed by atoms with Crippen LogP contribution in [0.3, 0.4) is 0 Å². The number of carboxylic acid groups (broad SMARTS) is 2. The Morgan fingerprint density at radius 2 is 1.26 bits per heavy atom. The predicted molar refractivity (Wildman–Crippen MR) is 170 cm³/mol. The third-order valence-electron chi connectivity index (χ3n) is 6.41. The van der Waals surface area contributed by atoms with Crippen molar-refractivity contribution < 1.29 is 24.6 Å². The van der Waals surface area contributed by atoms with Gasteiger partial charge in [0.25, 0.3) is 0 Å². The third kappa shape index (κ3) is 23.7. The maximum absolute atomic E-state index is 12.2. The van der Waals surface area contributed by atoms with Crippen LogP contribution in [-0.2, 0) is 14.4 Å². The van der Waals surface area contributed by atoms with Crippen molar-refractivity contribution in [1.29, 1.82) is 0 Å². The van der Waals surface area contributed by atoms with Gasteiger partial charge in [0.1, 0.15) is 6.04 Å². The molecule has 0 aromatic rings. The summed E-state index contributed by atoms with van der Waals surface area (Å²) < 4.78 is 0. The number of carboxylic acids is 2. The fourth-order valence-corrected chi connectivity index (χ4v) is 9.08. The normalized spacial score (nSPS) is 13.7. The molecule has 0 aliphatic rings. The summed E-state index contributed by atoms with van der Waals surface area (Å²) in [4.78, 5) is 34.9. The number of unbranched alkanes of at least 4 members (excludes halogenated alkanes) is 12. The van der Waals surface area contributed by atoms with E-state index in [2.05, 4.69) is 19.2 Å². The maximum Gasteiger partial charge on any atom is 0.327 e. The molecule has 6 nitrogen and oxygen atoms in total. The molecule has 0 aromatic heterocycles. The van der Waals surface area contributed by atoms with Gasteiger partial charge in [-0.3, -0.25) is 9.59 Å². The van der Waals surface area contributed by atoms with Crippen molar-refractivity contribution in [2.45, 2.75) is 135 Å². The second kappa shape index (κ2) is 27.0. The molecule has 0 aliphatic carbocycles. The molecule has 1 amide bonds. The first-order valence-electron chi connectivity index (χ1n) is 14.6. The van der Waals surface area contributed by atoms with Gasteiger partial charge in [-0.15, -0.1) is 0 Å². The van der Waals surface area contributed by atoms with Crippen molar-refractivity contribution in [2.24, 2.45) is 5.92 Å². The van der Waals surface area contributed by atoms with Gasteiger partial charge in [0.05, 0.1) is 5.92 Å². The van der Waals surface area contributed by atoms with Gasteiger partial charge >= 0.3 is 11.9 Å². The Morgan fingerprint density at radius 3 is 1.76 bits per heavy atom. The monoisotopic (exact) mass is 611 g/mol. The van der Waals surface area contributed by atoms with Gasteiger partial charge in [0.15, 0.2) is 0 Å². The molecule has 38 heavy (non-hydrogen) atoms. The molecule has 3 atom stereocenters. The summed E-state index contributed by atoms with van der Waals surface area (Å²) >= 11 is 0. The van der Waals surface area contributed by atoms with E-state index in [1.54, 1.807) is 32.4 Å². The van der Waals surface area contributed by atoms with Crippen molar-refractivity contribution in [3.63, 3.8) is 0 Å². The molecule has 0 heterocycles. The molecular weight excluding hydrogens is 559 g/mol. The third-order valence-corrected chi connectivity index (χ3v) is 11.9. The summed E-state index contributed by atoms with van der Waals surface area (Å²) in [6.45, 7) is 6.26. The lowest BCUT2D eigenvalue weighted by atomic mass is 10.0. The highest BCUT2D eigenvalue weighted by molar-refractivity contribution is 8.77. The summed E-state index contributed by atoms with van der Waals surface area (Å²) in [5.41, 5.74) is 0. The minimum atomic E-state index is -0.986. The molecule has 0 spiro atoms. The van der Waals surface area contributed by atoms with E-state index in [1.807, 2.05) is 6.92 Å². The lowest BCUT2D eigenvalue weighted by molar-refractivity contribution is -0.141. The van der Waals surface area contributed by atoms with Crippen LogP contribution in [0.5, 0.6) is 0 Å². The summed E-state index contributed by atoms with van der Waals surface area (Å²) in [6, 6.07) is -0.860. The number of aliphatic carboxylic acids is 2. The second-order valence-corrected chi connectivity index (χ2v) is 15.5. The standard InChI is InChI=1S/C28H53NO5S4/c1-4-6-7-8-9-10-11-12-13-14-15-16-17-18-26(30)29-25(28(33)34)22-37-38-23(3)19-20-35-36-21-24(5-2)27(31)32/h23-25H,4-22H2,1-3H3,(H,29,30)(H,31,32)(H,33,34). The van der Waals surface area contributed by atoms with Crippen LogP contribution in [0, 0.1) is 5.92 Å². The topological polar surface area (TPSA) is 104 Å². The van der Waals surface area contributed by atoms with E-state index >= 15 is 0 Å². The lowest BCUT2D eigenvalue weighted by Gasteiger charge is -2.16. The Labute approximate surface area is 248 Å². The molecule has 0 rings (SSSR count). The molecule has 0 bridgehead atoms. The molecule has 224 valence electrons. The zero-order chi connectivity index (χ0) is 28.4. The number of carbonyl (C=O) groups excluding carboxylic acids is 1. The van der Waals surface area contributed by atoms with Gasteiger partial charge in [-0.1, -0.05) is 141 Å². The van der Waals surface area contributed by atoms with Gasteiger partial charge in [-0.2, -0.15) is 0 Å². The number of hydrogen-bond donors (Lipinski definition) is 3. The van der Waals surface area contributed by atoms with E-state index in [-0.39, 0.29) is 11.8 Å². The first-order valence-corrected chi connectivity index (χ1v) is 19.5. The van der Waals surface area contributed by atoms with Crippen molar-refractivity contribution in [3.8, 4) is 0 Å². The minimum absolute atomic E-state index is 0.167. The fraction of sp³-hybridized carbons (Fsp3) is 0.893. The van der Waals surface area contributed by atoms with Crippen LogP contribution in [0.2, 0.25) is 0 Å². The molecule has 3 N–H and O–H groups in total. The van der Waals surface area contributed by atoms with Gasteiger partial charge in [-0.05, 0) is 19.3 Å². The molecule has 0 saturated carbocycles. The smallest absolute Gasteiger partial charge is 0.327 e. The zero-order valence-electron chi connectivity index (χ0n) is 23.9. The Balaban J connectivity index is 3.78. The molecule has 0 saturated heterocycles. The molecule has 0 aromatic carbocycles. The molecule has 10 heteroatoms. The van der Waals surface area contributed by atoms with E-state index in [4.69, 9.17) is 5.11 Å². The van der Waals surface area contributed by atoms with E-state index in [1.165, 1.54) is 75.0 Å². The Kier molecular flexibility index (Phi) is 26.9. The summed E-state index contributed by atoms with van der Waals surface area (Å²) in [7, 11) is 6.44. The van der Waals surface area contributed by atoms with Gasteiger partial charge in [0.2, 0.25) is 5.91 Å². The molecule has 0 fully saturated rings. The van der Waals surface area contributed by atoms with Crippen molar-refractivity contribution in [3.05, 3.63) is 0 Å². The lowest BCUT2D eigenvalue weighted by Crippen LogP contribution is -2.42. The average molecular weight is 612 g/mol. The first-order chi connectivity index (χ1) is 18.3. The van der Waals surface area contributed by atoms with Gasteiger partial charge in [-0.25, -0.2) is 4.79 Å². The molecular formula is C28H53NO5S4. The maximum atomic E-state index is 12.2. The first kappa shape index (κ1) is 37.8. The summed E-state index contributed by atoms with van der Waals surface area (Å²) in [6.07, 6.45) is 18.3. The SMILES string of the molecule is CCCCCCCCCCCCCCCC(=O)NC(CSSC(C)CCSSCC(CC)C(=O)O)C(=O)O. The largest absolute Gasteiger partial charge is 0.481 e. The minimum Gasteiger partial charge on any atom is -0.481 e. The van der Waals surface area contributed by atoms with Crippen LogP contribution in [0.15, 0.2) is 0 Å². The summed E-state index contributed by atoms with van der Waals surface area (Å²) in [5.74, 6) is -0.292. The molecule has 0 radical (unpaired) electrons. The molecule has 3 unspecified atom stereocenters. The summed E-state index contributed by atoms with van der Waals surface area (Å²) in [5, 5.41) is 21.6. The predicted octanol–water partition coefficient (Wildman–Crippen LogP) is 8.69. The second-order valence-electron chi connectivity index (χ2n) is 9.98. The highest BCUT2D eigenvalue weighted by atomic mass is 33.1. The molecule has 0 aliphatic heterocycles. The number of rotatable bonds is 28. The van der Waals surface area contributed by atoms with E-state index in [0.29, 0.717) is 29.6 Å². The van der Waals surface area contributed by atoms with Gasteiger partial charge < -0.3 is 15.5 Å². The van der Waals surface area contributed by atoms with E-state index in [9.17, 15) is 19.5 Å². The Morgan fingerprint density at radius 1 is 0.711 bits per heavy atom. The van der Waals surface area contributed by atoms with Crippen LogP contribution in [0.1, 0.15) is 124 Å². The number of amides is 1. The van der Waals surface area contributed by atoms with Crippen molar-refractivity contribution >= 4 is 61.0 Å². The van der Waals surface area contributed by atoms with Crippen molar-refractivity contribution in [1.82, 2.24) is 5.32 Å². The average Bonchev–Trinajstić information content (AvgIpc) is 2.88. The van der Waals surface area contributed by atoms with Crippen LogP contribution in [0.4, 0.5) is 0 Å². The Hall–Kier alpha value is -0.190. The van der Waals surface area contributed by atoms with Crippen LogP contribution < -0.4 is 5.32 Å². The van der Waals surface area contributed by atoms with Crippen LogP contribution in [0.25, 0.3) is 0 Å². The fourth-order valence-electron chi connectivity index (χ4n) is 3.78. The van der Waals surface area contributed by atoms with Crippen molar-refractivity contribution in [2.75, 3.05) is 17.3 Å². The number of nitrogens with one attached hydrogen (secondary N) is 1. The van der Waals surface area contributed by atoms with Crippen LogP contribution >= 0.6 is 43.2 Å². The Bertz CT molecular complexity index is 612. The highest BCUT2D eigenvalue weighted by Gasteiger charge is 2.20. The number of hydrogen-bond acceptors (Lipinski definition) is 7. The quantitative estimate of drug-likeness (QED) is 0.0592. The van der Waals surface area contributed by atoms with Crippen LogP contribution in [-0.4, -0.2) is 56.6 Å². The van der Waals surface area contributed by atoms with E-state index in [0.717, 1.165) is 31.4 Å². The van der Waals surface area contributed by atoms with Gasteiger partial charge in [0, 0.05) is 28.9 Å².